The molecule has 1 aromatic heterocycles. The summed E-state index contributed by atoms with van der Waals surface area (Å²) >= 11 is 5.22. The molecule has 2 aromatic rings. The molecular formula is C16H16BrNOS. The van der Waals surface area contributed by atoms with Crippen LogP contribution in [0.4, 0.5) is 0 Å². The Kier molecular flexibility index (Phi) is 4.34. The van der Waals surface area contributed by atoms with Gasteiger partial charge in [0.25, 0.3) is 0 Å². The van der Waals surface area contributed by atoms with Gasteiger partial charge in [-0.3, -0.25) is 9.69 Å². The maximum Gasteiger partial charge on any atom is 0.177 e. The third-order valence-electron chi connectivity index (χ3n) is 3.52. The molecule has 1 heterocycles. The van der Waals surface area contributed by atoms with E-state index in [4.69, 9.17) is 0 Å². The number of Topliss-reactive ketones (excluding diaryl/α,β-unsaturated/α-hetero) is 1. The van der Waals surface area contributed by atoms with Crippen LogP contribution in [0, 0.1) is 0 Å². The zero-order chi connectivity index (χ0) is 13.9. The van der Waals surface area contributed by atoms with Gasteiger partial charge in [-0.05, 0) is 30.4 Å². The molecule has 3 rings (SSSR count). The third-order valence-corrected chi connectivity index (χ3v) is 5.08. The Morgan fingerprint density at radius 1 is 1.25 bits per heavy atom. The zero-order valence-electron chi connectivity index (χ0n) is 11.1. The maximum absolute atomic E-state index is 12.5. The zero-order valence-corrected chi connectivity index (χ0v) is 13.5. The number of rotatable bonds is 6. The molecule has 0 amide bonds. The SMILES string of the molecule is O=C(CN(Cc1cccs1)C1CC1)c1ccccc1Br. The van der Waals surface area contributed by atoms with Gasteiger partial charge < -0.3 is 0 Å². The van der Waals surface area contributed by atoms with Gasteiger partial charge in [0.2, 0.25) is 0 Å². The van der Waals surface area contributed by atoms with Crippen molar-refractivity contribution in [2.45, 2.75) is 25.4 Å². The third kappa shape index (κ3) is 3.37. The minimum Gasteiger partial charge on any atom is -0.293 e. The van der Waals surface area contributed by atoms with E-state index >= 15 is 0 Å². The summed E-state index contributed by atoms with van der Waals surface area (Å²) in [6.07, 6.45) is 2.43. The van der Waals surface area contributed by atoms with Gasteiger partial charge in [-0.2, -0.15) is 0 Å². The summed E-state index contributed by atoms with van der Waals surface area (Å²) in [6, 6.07) is 12.5. The van der Waals surface area contributed by atoms with E-state index < -0.39 is 0 Å². The van der Waals surface area contributed by atoms with Crippen LogP contribution in [0.3, 0.4) is 0 Å². The fourth-order valence-corrected chi connectivity index (χ4v) is 3.55. The standard InChI is InChI=1S/C16H16BrNOS/c17-15-6-2-1-5-14(15)16(19)11-18(12-7-8-12)10-13-4-3-9-20-13/h1-6,9,12H,7-8,10-11H2. The number of nitrogens with zero attached hydrogens (tertiary/aromatic N) is 1. The normalized spacial score (nSPS) is 14.7. The lowest BCUT2D eigenvalue weighted by Gasteiger charge is -2.20. The molecule has 0 saturated heterocycles. The number of thiophene rings is 1. The van der Waals surface area contributed by atoms with Gasteiger partial charge in [-0.25, -0.2) is 0 Å². The number of hydrogen-bond donors (Lipinski definition) is 0. The quantitative estimate of drug-likeness (QED) is 0.722. The lowest BCUT2D eigenvalue weighted by Crippen LogP contribution is -2.31. The lowest BCUT2D eigenvalue weighted by atomic mass is 10.1. The molecular weight excluding hydrogens is 334 g/mol. The van der Waals surface area contributed by atoms with E-state index in [0.717, 1.165) is 16.6 Å². The van der Waals surface area contributed by atoms with Gasteiger partial charge in [0.05, 0.1) is 6.54 Å². The molecule has 1 aliphatic rings. The van der Waals surface area contributed by atoms with Crippen LogP contribution in [0.1, 0.15) is 28.1 Å². The topological polar surface area (TPSA) is 20.3 Å². The summed E-state index contributed by atoms with van der Waals surface area (Å²) in [5.74, 6) is 0.195. The van der Waals surface area contributed by atoms with Crippen molar-refractivity contribution < 1.29 is 4.79 Å². The first-order chi connectivity index (χ1) is 9.74. The summed E-state index contributed by atoms with van der Waals surface area (Å²) in [4.78, 5) is 16.1. The number of benzene rings is 1. The fraction of sp³-hybridized carbons (Fsp3) is 0.312. The molecule has 1 saturated carbocycles. The highest BCUT2D eigenvalue weighted by molar-refractivity contribution is 9.10. The number of carbonyl (C=O) groups excluding carboxylic acids is 1. The number of carbonyl (C=O) groups is 1. The molecule has 1 aliphatic carbocycles. The molecule has 1 fully saturated rings. The molecule has 0 atom stereocenters. The Hall–Kier alpha value is -0.970. The fourth-order valence-electron chi connectivity index (χ4n) is 2.31. The molecule has 0 N–H and O–H groups in total. The molecule has 4 heteroatoms. The van der Waals surface area contributed by atoms with Crippen LogP contribution < -0.4 is 0 Å². The molecule has 20 heavy (non-hydrogen) atoms. The van der Waals surface area contributed by atoms with Crippen molar-refractivity contribution >= 4 is 33.0 Å². The van der Waals surface area contributed by atoms with Crippen molar-refractivity contribution in [2.24, 2.45) is 0 Å². The van der Waals surface area contributed by atoms with E-state index in [1.54, 1.807) is 11.3 Å². The summed E-state index contributed by atoms with van der Waals surface area (Å²) < 4.78 is 0.886. The van der Waals surface area contributed by atoms with E-state index in [-0.39, 0.29) is 5.78 Å². The van der Waals surface area contributed by atoms with E-state index in [1.807, 2.05) is 24.3 Å². The first-order valence-corrected chi connectivity index (χ1v) is 8.45. The van der Waals surface area contributed by atoms with Gasteiger partial charge in [-0.1, -0.05) is 40.2 Å². The van der Waals surface area contributed by atoms with Crippen molar-refractivity contribution in [2.75, 3.05) is 6.54 Å². The second kappa shape index (κ2) is 6.20. The summed E-state index contributed by atoms with van der Waals surface area (Å²) in [5.41, 5.74) is 0.782. The first kappa shape index (κ1) is 14.0. The highest BCUT2D eigenvalue weighted by Crippen LogP contribution is 2.29. The minimum absolute atomic E-state index is 0.195. The Labute approximate surface area is 131 Å². The Bertz CT molecular complexity index is 592. The van der Waals surface area contributed by atoms with Crippen molar-refractivity contribution in [3.8, 4) is 0 Å². The summed E-state index contributed by atoms with van der Waals surface area (Å²) in [5, 5.41) is 2.09. The molecule has 0 radical (unpaired) electrons. The maximum atomic E-state index is 12.5. The van der Waals surface area contributed by atoms with Crippen LogP contribution in [0.2, 0.25) is 0 Å². The molecule has 104 valence electrons. The van der Waals surface area contributed by atoms with E-state index in [1.165, 1.54) is 17.7 Å². The molecule has 0 unspecified atom stereocenters. The molecule has 0 spiro atoms. The van der Waals surface area contributed by atoms with E-state index in [2.05, 4.69) is 38.3 Å². The van der Waals surface area contributed by atoms with Crippen LogP contribution in [-0.2, 0) is 6.54 Å². The van der Waals surface area contributed by atoms with Crippen molar-refractivity contribution in [1.82, 2.24) is 4.90 Å². The molecule has 0 bridgehead atoms. The predicted octanol–water partition coefficient (Wildman–Crippen LogP) is 4.36. The summed E-state index contributed by atoms with van der Waals surface area (Å²) in [6.45, 7) is 1.39. The van der Waals surface area contributed by atoms with Gasteiger partial charge in [-0.15, -0.1) is 11.3 Å². The second-order valence-electron chi connectivity index (χ2n) is 5.12. The van der Waals surface area contributed by atoms with Gasteiger partial charge in [0.1, 0.15) is 0 Å². The van der Waals surface area contributed by atoms with Crippen molar-refractivity contribution in [3.63, 3.8) is 0 Å². The smallest absolute Gasteiger partial charge is 0.177 e. The summed E-state index contributed by atoms with van der Waals surface area (Å²) in [7, 11) is 0. The lowest BCUT2D eigenvalue weighted by molar-refractivity contribution is 0.0919. The Morgan fingerprint density at radius 3 is 2.70 bits per heavy atom. The Morgan fingerprint density at radius 2 is 2.05 bits per heavy atom. The van der Waals surface area contributed by atoms with Gasteiger partial charge in [0.15, 0.2) is 5.78 Å². The highest BCUT2D eigenvalue weighted by Gasteiger charge is 2.30. The average molecular weight is 350 g/mol. The predicted molar refractivity (Wildman–Crippen MR) is 86.2 cm³/mol. The first-order valence-electron chi connectivity index (χ1n) is 6.78. The van der Waals surface area contributed by atoms with Gasteiger partial charge in [0, 0.05) is 27.5 Å². The van der Waals surface area contributed by atoms with Crippen LogP contribution in [0.15, 0.2) is 46.3 Å². The van der Waals surface area contributed by atoms with Gasteiger partial charge >= 0.3 is 0 Å². The molecule has 2 nitrogen and oxygen atoms in total. The number of halogens is 1. The molecule has 1 aromatic carbocycles. The Balaban J connectivity index is 1.70. The minimum atomic E-state index is 0.195. The molecule has 0 aliphatic heterocycles. The van der Waals surface area contributed by atoms with Crippen molar-refractivity contribution in [1.29, 1.82) is 0 Å². The van der Waals surface area contributed by atoms with Crippen LogP contribution in [-0.4, -0.2) is 23.3 Å². The highest BCUT2D eigenvalue weighted by atomic mass is 79.9. The van der Waals surface area contributed by atoms with E-state index in [9.17, 15) is 4.79 Å². The van der Waals surface area contributed by atoms with Crippen molar-refractivity contribution in [3.05, 3.63) is 56.7 Å². The van der Waals surface area contributed by atoms with E-state index in [0.29, 0.717) is 12.6 Å². The number of hydrogen-bond acceptors (Lipinski definition) is 3. The monoisotopic (exact) mass is 349 g/mol. The number of ketones is 1. The van der Waals surface area contributed by atoms with Crippen LogP contribution >= 0.6 is 27.3 Å². The van der Waals surface area contributed by atoms with Crippen LogP contribution in [0.25, 0.3) is 0 Å². The largest absolute Gasteiger partial charge is 0.293 e. The second-order valence-corrected chi connectivity index (χ2v) is 7.01. The van der Waals surface area contributed by atoms with Crippen LogP contribution in [0.5, 0.6) is 0 Å². The average Bonchev–Trinajstić information content (AvgIpc) is 3.17.